The van der Waals surface area contributed by atoms with Crippen LogP contribution in [0.1, 0.15) is 56.5 Å². The Morgan fingerprint density at radius 2 is 2.00 bits per heavy atom. The summed E-state index contributed by atoms with van der Waals surface area (Å²) in [6, 6.07) is 6.19. The molecule has 3 rings (SSSR count). The van der Waals surface area contributed by atoms with E-state index in [1.165, 1.54) is 31.0 Å². The molecule has 0 aliphatic heterocycles. The fraction of sp³-hybridized carbons (Fsp3) is 0.550. The van der Waals surface area contributed by atoms with Gasteiger partial charge in [0.25, 0.3) is 0 Å². The summed E-state index contributed by atoms with van der Waals surface area (Å²) in [5.41, 5.74) is 1.76. The van der Waals surface area contributed by atoms with E-state index >= 15 is 0 Å². The molecule has 27 heavy (non-hydrogen) atoms. The first kappa shape index (κ1) is 19.7. The average Bonchev–Trinajstić information content (AvgIpc) is 3.02. The quantitative estimate of drug-likeness (QED) is 0.737. The number of hydrogen-bond donors (Lipinski definition) is 1. The lowest BCUT2D eigenvalue weighted by molar-refractivity contribution is -0.115. The van der Waals surface area contributed by atoms with Gasteiger partial charge in [0.2, 0.25) is 5.91 Å². The van der Waals surface area contributed by atoms with E-state index in [0.717, 1.165) is 29.4 Å². The fourth-order valence-electron chi connectivity index (χ4n) is 3.56. The van der Waals surface area contributed by atoms with E-state index in [4.69, 9.17) is 4.74 Å². The summed E-state index contributed by atoms with van der Waals surface area (Å²) in [4.78, 5) is 12.7. The molecule has 2 aromatic rings. The summed E-state index contributed by atoms with van der Waals surface area (Å²) in [5.74, 6) is 1.52. The third kappa shape index (κ3) is 4.64. The first-order valence-electron chi connectivity index (χ1n) is 9.53. The summed E-state index contributed by atoms with van der Waals surface area (Å²) in [6.07, 6.45) is 6.11. The molecule has 0 spiro atoms. The standard InChI is InChI=1S/C20H28N4O2S/c1-13-10-11-18(26-4)17(12-13)21-19(25)14(2)27-20-23-22-15(3)24(20)16-8-6-5-7-9-16/h10-12,14,16H,5-9H2,1-4H3,(H,21,25)/t14-/m1/s1. The molecule has 146 valence electrons. The number of hydrogen-bond acceptors (Lipinski definition) is 5. The smallest absolute Gasteiger partial charge is 0.237 e. The Bertz CT molecular complexity index is 799. The fourth-order valence-corrected chi connectivity index (χ4v) is 4.52. The molecule has 6 nitrogen and oxygen atoms in total. The zero-order valence-electron chi connectivity index (χ0n) is 16.5. The second kappa shape index (κ2) is 8.78. The maximum atomic E-state index is 12.7. The van der Waals surface area contributed by atoms with E-state index in [1.807, 2.05) is 39.0 Å². The summed E-state index contributed by atoms with van der Waals surface area (Å²) in [7, 11) is 1.61. The maximum Gasteiger partial charge on any atom is 0.237 e. The van der Waals surface area contributed by atoms with Gasteiger partial charge in [0.1, 0.15) is 11.6 Å². The number of thioether (sulfide) groups is 1. The van der Waals surface area contributed by atoms with E-state index < -0.39 is 0 Å². The minimum Gasteiger partial charge on any atom is -0.495 e. The van der Waals surface area contributed by atoms with Crippen molar-refractivity contribution in [1.29, 1.82) is 0 Å². The number of ether oxygens (including phenoxy) is 1. The van der Waals surface area contributed by atoms with Crippen LogP contribution in [0.5, 0.6) is 5.75 Å². The highest BCUT2D eigenvalue weighted by molar-refractivity contribution is 8.00. The topological polar surface area (TPSA) is 69.0 Å². The number of carbonyl (C=O) groups excluding carboxylic acids is 1. The molecule has 1 fully saturated rings. The molecular weight excluding hydrogens is 360 g/mol. The zero-order chi connectivity index (χ0) is 19.4. The highest BCUT2D eigenvalue weighted by Gasteiger charge is 2.25. The molecule has 1 N–H and O–H groups in total. The number of rotatable bonds is 6. The van der Waals surface area contributed by atoms with Crippen LogP contribution in [-0.4, -0.2) is 33.0 Å². The van der Waals surface area contributed by atoms with Crippen LogP contribution in [0, 0.1) is 13.8 Å². The van der Waals surface area contributed by atoms with Gasteiger partial charge in [-0.3, -0.25) is 4.79 Å². The van der Waals surface area contributed by atoms with Crippen LogP contribution < -0.4 is 10.1 Å². The molecule has 0 radical (unpaired) electrons. The van der Waals surface area contributed by atoms with Crippen molar-refractivity contribution in [2.24, 2.45) is 0 Å². The summed E-state index contributed by atoms with van der Waals surface area (Å²) < 4.78 is 7.58. The lowest BCUT2D eigenvalue weighted by Gasteiger charge is -2.25. The van der Waals surface area contributed by atoms with E-state index in [-0.39, 0.29) is 11.2 Å². The van der Waals surface area contributed by atoms with Crippen molar-refractivity contribution in [3.63, 3.8) is 0 Å². The zero-order valence-corrected chi connectivity index (χ0v) is 17.3. The summed E-state index contributed by atoms with van der Waals surface area (Å²) in [5, 5.41) is 12.1. The highest BCUT2D eigenvalue weighted by Crippen LogP contribution is 2.34. The van der Waals surface area contributed by atoms with Crippen molar-refractivity contribution in [2.45, 2.75) is 69.3 Å². The monoisotopic (exact) mass is 388 g/mol. The number of nitrogens with zero attached hydrogens (tertiary/aromatic N) is 3. The largest absolute Gasteiger partial charge is 0.495 e. The van der Waals surface area contributed by atoms with Crippen LogP contribution in [0.3, 0.4) is 0 Å². The molecule has 1 aromatic heterocycles. The van der Waals surface area contributed by atoms with Crippen LogP contribution >= 0.6 is 11.8 Å². The van der Waals surface area contributed by atoms with E-state index in [9.17, 15) is 4.79 Å². The first-order chi connectivity index (χ1) is 13.0. The number of benzene rings is 1. The third-order valence-electron chi connectivity index (χ3n) is 5.04. The van der Waals surface area contributed by atoms with Crippen molar-refractivity contribution < 1.29 is 9.53 Å². The van der Waals surface area contributed by atoms with Gasteiger partial charge in [-0.05, 0) is 51.3 Å². The van der Waals surface area contributed by atoms with Gasteiger partial charge in [-0.1, -0.05) is 37.1 Å². The molecule has 1 amide bonds. The molecule has 1 aliphatic carbocycles. The van der Waals surface area contributed by atoms with Crippen molar-refractivity contribution in [3.05, 3.63) is 29.6 Å². The van der Waals surface area contributed by atoms with Gasteiger partial charge >= 0.3 is 0 Å². The second-order valence-electron chi connectivity index (χ2n) is 7.14. The second-order valence-corrected chi connectivity index (χ2v) is 8.45. The Kier molecular flexibility index (Phi) is 6.42. The Labute approximate surface area is 165 Å². The number of aromatic nitrogens is 3. The molecule has 1 heterocycles. The highest BCUT2D eigenvalue weighted by atomic mass is 32.2. The predicted molar refractivity (Wildman–Crippen MR) is 109 cm³/mol. The van der Waals surface area contributed by atoms with Crippen molar-refractivity contribution in [1.82, 2.24) is 14.8 Å². The molecule has 1 aromatic carbocycles. The van der Waals surface area contributed by atoms with Gasteiger partial charge in [0.05, 0.1) is 18.0 Å². The SMILES string of the molecule is COc1ccc(C)cc1NC(=O)[C@@H](C)Sc1nnc(C)n1C1CCCCC1. The Hall–Kier alpha value is -2.02. The lowest BCUT2D eigenvalue weighted by Crippen LogP contribution is -2.24. The van der Waals surface area contributed by atoms with Gasteiger partial charge in [-0.2, -0.15) is 0 Å². The van der Waals surface area contributed by atoms with E-state index in [2.05, 4.69) is 20.1 Å². The van der Waals surface area contributed by atoms with Crippen LogP contribution in [0.15, 0.2) is 23.4 Å². The first-order valence-corrected chi connectivity index (χ1v) is 10.4. The number of methoxy groups -OCH3 is 1. The maximum absolute atomic E-state index is 12.7. The van der Waals surface area contributed by atoms with E-state index in [0.29, 0.717) is 17.5 Å². The summed E-state index contributed by atoms with van der Waals surface area (Å²) >= 11 is 1.47. The molecule has 0 unspecified atom stereocenters. The van der Waals surface area contributed by atoms with Crippen molar-refractivity contribution >= 4 is 23.4 Å². The van der Waals surface area contributed by atoms with Crippen LogP contribution in [0.25, 0.3) is 0 Å². The number of aryl methyl sites for hydroxylation is 2. The van der Waals surface area contributed by atoms with Gasteiger partial charge < -0.3 is 14.6 Å². The molecule has 1 atom stereocenters. The molecular formula is C20H28N4O2S. The van der Waals surface area contributed by atoms with Crippen LogP contribution in [-0.2, 0) is 4.79 Å². The van der Waals surface area contributed by atoms with E-state index in [1.54, 1.807) is 7.11 Å². The number of carbonyl (C=O) groups is 1. The Balaban J connectivity index is 1.71. The van der Waals surface area contributed by atoms with Gasteiger partial charge in [-0.25, -0.2) is 0 Å². The minimum absolute atomic E-state index is 0.0697. The third-order valence-corrected chi connectivity index (χ3v) is 6.10. The van der Waals surface area contributed by atoms with Crippen LogP contribution in [0.2, 0.25) is 0 Å². The molecule has 1 saturated carbocycles. The minimum atomic E-state index is -0.291. The number of nitrogens with one attached hydrogen (secondary N) is 1. The molecule has 7 heteroatoms. The predicted octanol–water partition coefficient (Wildman–Crippen LogP) is 4.53. The molecule has 1 aliphatic rings. The lowest BCUT2D eigenvalue weighted by atomic mass is 9.95. The van der Waals surface area contributed by atoms with Gasteiger partial charge in [0.15, 0.2) is 5.16 Å². The molecule has 0 bridgehead atoms. The van der Waals surface area contributed by atoms with Gasteiger partial charge in [0, 0.05) is 6.04 Å². The van der Waals surface area contributed by atoms with Gasteiger partial charge in [-0.15, -0.1) is 10.2 Å². The average molecular weight is 389 g/mol. The normalized spacial score (nSPS) is 16.1. The number of amides is 1. The number of anilines is 1. The summed E-state index contributed by atoms with van der Waals surface area (Å²) in [6.45, 7) is 5.88. The van der Waals surface area contributed by atoms with Crippen molar-refractivity contribution in [3.8, 4) is 5.75 Å². The Morgan fingerprint density at radius 1 is 1.26 bits per heavy atom. The molecule has 0 saturated heterocycles. The van der Waals surface area contributed by atoms with Crippen LogP contribution in [0.4, 0.5) is 5.69 Å². The van der Waals surface area contributed by atoms with Crippen molar-refractivity contribution in [2.75, 3.05) is 12.4 Å². The Morgan fingerprint density at radius 3 is 2.70 bits per heavy atom.